The molecule has 0 radical (unpaired) electrons. The predicted octanol–water partition coefficient (Wildman–Crippen LogP) is 3.06. The van der Waals surface area contributed by atoms with E-state index >= 15 is 0 Å². The van der Waals surface area contributed by atoms with Gasteiger partial charge >= 0.3 is 0 Å². The van der Waals surface area contributed by atoms with Gasteiger partial charge in [-0.25, -0.2) is 4.39 Å². The number of hydrogen-bond donors (Lipinski definition) is 2. The Morgan fingerprint density at radius 3 is 2.46 bits per heavy atom. The van der Waals surface area contributed by atoms with Crippen LogP contribution in [-0.4, -0.2) is 28.4 Å². The number of nitrogens with zero attached hydrogens (tertiary/aromatic N) is 1. The van der Waals surface area contributed by atoms with Crippen LogP contribution in [0.5, 0.6) is 5.75 Å². The first-order valence-electron chi connectivity index (χ1n) is 8.24. The summed E-state index contributed by atoms with van der Waals surface area (Å²) < 4.78 is 13.6. The molecule has 2 amide bonds. The summed E-state index contributed by atoms with van der Waals surface area (Å²) in [6, 6.07) is 10.5. The van der Waals surface area contributed by atoms with E-state index in [-0.39, 0.29) is 12.2 Å². The lowest BCUT2D eigenvalue weighted by atomic mass is 10.1. The third-order valence-electron chi connectivity index (χ3n) is 4.29. The van der Waals surface area contributed by atoms with E-state index in [1.807, 2.05) is 31.2 Å². The van der Waals surface area contributed by atoms with E-state index in [9.17, 15) is 19.1 Å². The van der Waals surface area contributed by atoms with Crippen molar-refractivity contribution in [1.82, 2.24) is 4.90 Å². The molecule has 3 rings (SSSR count). The molecule has 2 N–H and O–H groups in total. The van der Waals surface area contributed by atoms with Crippen LogP contribution >= 0.6 is 0 Å². The monoisotopic (exact) mass is 354 g/mol. The lowest BCUT2D eigenvalue weighted by Gasteiger charge is -2.15. The van der Waals surface area contributed by atoms with Gasteiger partial charge in [0.25, 0.3) is 11.8 Å². The van der Waals surface area contributed by atoms with Gasteiger partial charge < -0.3 is 10.4 Å². The maximum absolute atomic E-state index is 13.6. The van der Waals surface area contributed by atoms with E-state index < -0.39 is 23.4 Å². The number of aryl methyl sites for hydroxylation is 2. The Morgan fingerprint density at radius 2 is 1.81 bits per heavy atom. The molecule has 2 aromatic carbocycles. The summed E-state index contributed by atoms with van der Waals surface area (Å²) in [4.78, 5) is 25.7. The van der Waals surface area contributed by atoms with Crippen molar-refractivity contribution in [1.29, 1.82) is 0 Å². The van der Waals surface area contributed by atoms with E-state index in [1.165, 1.54) is 12.1 Å². The smallest absolute Gasteiger partial charge is 0.277 e. The van der Waals surface area contributed by atoms with Crippen molar-refractivity contribution in [3.8, 4) is 5.75 Å². The Morgan fingerprint density at radius 1 is 1.12 bits per heavy atom. The first kappa shape index (κ1) is 17.7. The number of anilines is 1. The number of imide groups is 1. The van der Waals surface area contributed by atoms with Gasteiger partial charge in [-0.3, -0.25) is 14.5 Å². The minimum absolute atomic E-state index is 0.0865. The van der Waals surface area contributed by atoms with E-state index in [4.69, 9.17) is 0 Å². The average Bonchev–Trinajstić information content (AvgIpc) is 2.86. The number of benzene rings is 2. The van der Waals surface area contributed by atoms with Crippen molar-refractivity contribution in [2.45, 2.75) is 20.3 Å². The second-order valence-corrected chi connectivity index (χ2v) is 6.34. The number of hydrogen-bond acceptors (Lipinski definition) is 4. The van der Waals surface area contributed by atoms with Crippen LogP contribution in [0.15, 0.2) is 48.2 Å². The summed E-state index contributed by atoms with van der Waals surface area (Å²) in [5, 5.41) is 12.2. The van der Waals surface area contributed by atoms with Gasteiger partial charge in [0, 0.05) is 24.4 Å². The molecule has 0 bridgehead atoms. The zero-order valence-electron chi connectivity index (χ0n) is 14.5. The van der Waals surface area contributed by atoms with Crippen LogP contribution in [0.25, 0.3) is 0 Å². The summed E-state index contributed by atoms with van der Waals surface area (Å²) in [5.74, 6) is -2.08. The summed E-state index contributed by atoms with van der Waals surface area (Å²) in [6.45, 7) is 3.81. The van der Waals surface area contributed by atoms with Crippen molar-refractivity contribution in [2.75, 3.05) is 11.9 Å². The number of carbonyl (C=O) groups excluding carboxylic acids is 2. The molecule has 0 aromatic heterocycles. The largest absolute Gasteiger partial charge is 0.505 e. The molecule has 0 atom stereocenters. The van der Waals surface area contributed by atoms with Gasteiger partial charge in [-0.05, 0) is 37.5 Å². The van der Waals surface area contributed by atoms with Gasteiger partial charge in [0.2, 0.25) is 0 Å². The second-order valence-electron chi connectivity index (χ2n) is 6.34. The number of halogens is 1. The van der Waals surface area contributed by atoms with Crippen LogP contribution in [0.4, 0.5) is 10.1 Å². The summed E-state index contributed by atoms with van der Waals surface area (Å²) in [6.07, 6.45) is 1.77. The second kappa shape index (κ2) is 7.00. The van der Waals surface area contributed by atoms with Crippen LogP contribution in [0.3, 0.4) is 0 Å². The molecule has 0 unspecified atom stereocenters. The molecule has 1 heterocycles. The van der Waals surface area contributed by atoms with Crippen molar-refractivity contribution in [3.05, 3.63) is 70.7 Å². The van der Waals surface area contributed by atoms with E-state index in [2.05, 4.69) is 5.32 Å². The summed E-state index contributed by atoms with van der Waals surface area (Å²) in [7, 11) is 0. The molecular formula is C20H19FN2O3. The zero-order chi connectivity index (χ0) is 18.8. The summed E-state index contributed by atoms with van der Waals surface area (Å²) >= 11 is 0. The van der Waals surface area contributed by atoms with Gasteiger partial charge in [-0.1, -0.05) is 29.8 Å². The van der Waals surface area contributed by atoms with Crippen molar-refractivity contribution in [2.24, 2.45) is 0 Å². The number of amides is 2. The highest BCUT2D eigenvalue weighted by Crippen LogP contribution is 2.26. The van der Waals surface area contributed by atoms with Gasteiger partial charge in [0.1, 0.15) is 5.70 Å². The molecule has 2 aromatic rings. The van der Waals surface area contributed by atoms with Crippen molar-refractivity contribution in [3.63, 3.8) is 0 Å². The summed E-state index contributed by atoms with van der Waals surface area (Å²) in [5.41, 5.74) is 2.90. The number of phenols is 1. The van der Waals surface area contributed by atoms with Crippen LogP contribution in [-0.2, 0) is 16.0 Å². The Balaban J connectivity index is 1.68. The fourth-order valence-corrected chi connectivity index (χ4v) is 2.77. The van der Waals surface area contributed by atoms with Crippen molar-refractivity contribution < 1.29 is 19.1 Å². The molecule has 1 aliphatic heterocycles. The molecule has 0 saturated heterocycles. The SMILES string of the molecule is Cc1ccc(CCN2C(=O)C=C(Nc3cc(C)c(O)c(F)c3)C2=O)cc1. The van der Waals surface area contributed by atoms with Crippen LogP contribution < -0.4 is 5.32 Å². The number of carbonyl (C=O) groups is 2. The lowest BCUT2D eigenvalue weighted by molar-refractivity contribution is -0.137. The number of rotatable bonds is 5. The van der Waals surface area contributed by atoms with Crippen LogP contribution in [0.1, 0.15) is 16.7 Å². The number of nitrogens with one attached hydrogen (secondary N) is 1. The molecule has 1 aliphatic rings. The average molecular weight is 354 g/mol. The quantitative estimate of drug-likeness (QED) is 0.640. The Hall–Kier alpha value is -3.15. The minimum atomic E-state index is -0.791. The van der Waals surface area contributed by atoms with Crippen LogP contribution in [0, 0.1) is 19.7 Å². The van der Waals surface area contributed by atoms with Gasteiger partial charge in [-0.15, -0.1) is 0 Å². The lowest BCUT2D eigenvalue weighted by Crippen LogP contribution is -2.33. The van der Waals surface area contributed by atoms with Crippen molar-refractivity contribution >= 4 is 17.5 Å². The number of aromatic hydroxyl groups is 1. The number of phenolic OH excluding ortho intramolecular Hbond substituents is 1. The third-order valence-corrected chi connectivity index (χ3v) is 4.29. The molecule has 5 nitrogen and oxygen atoms in total. The molecule has 0 spiro atoms. The van der Waals surface area contributed by atoms with Crippen LogP contribution in [0.2, 0.25) is 0 Å². The highest BCUT2D eigenvalue weighted by atomic mass is 19.1. The molecule has 6 heteroatoms. The third kappa shape index (κ3) is 3.59. The maximum Gasteiger partial charge on any atom is 0.277 e. The molecule has 0 fully saturated rings. The molecule has 26 heavy (non-hydrogen) atoms. The maximum atomic E-state index is 13.6. The zero-order valence-corrected chi connectivity index (χ0v) is 14.5. The van der Waals surface area contributed by atoms with E-state index in [1.54, 1.807) is 6.92 Å². The highest BCUT2D eigenvalue weighted by Gasteiger charge is 2.31. The molecule has 134 valence electrons. The van der Waals surface area contributed by atoms with Gasteiger partial charge in [0.15, 0.2) is 11.6 Å². The van der Waals surface area contributed by atoms with Gasteiger partial charge in [-0.2, -0.15) is 0 Å². The van der Waals surface area contributed by atoms with E-state index in [0.717, 1.165) is 22.1 Å². The molecular weight excluding hydrogens is 335 g/mol. The van der Waals surface area contributed by atoms with Gasteiger partial charge in [0.05, 0.1) is 0 Å². The fraction of sp³-hybridized carbons (Fsp3) is 0.200. The normalized spacial score (nSPS) is 14.0. The first-order chi connectivity index (χ1) is 12.3. The van der Waals surface area contributed by atoms with E-state index in [0.29, 0.717) is 17.7 Å². The fourth-order valence-electron chi connectivity index (χ4n) is 2.77. The highest BCUT2D eigenvalue weighted by molar-refractivity contribution is 6.17. The Bertz CT molecular complexity index is 881. The minimum Gasteiger partial charge on any atom is -0.505 e. The Labute approximate surface area is 150 Å². The first-order valence-corrected chi connectivity index (χ1v) is 8.24. The topological polar surface area (TPSA) is 69.6 Å². The molecule has 0 saturated carbocycles. The predicted molar refractivity (Wildman–Crippen MR) is 96.1 cm³/mol. The molecule has 0 aliphatic carbocycles. The Kier molecular flexibility index (Phi) is 4.75. The standard InChI is InChI=1S/C20H19FN2O3/c1-12-3-5-14(6-4-12)7-8-23-18(24)11-17(20(23)26)22-15-9-13(2)19(25)16(21)10-15/h3-6,9-11,22,25H,7-8H2,1-2H3.